The first-order chi connectivity index (χ1) is 19.1. The molecule has 0 amide bonds. The Morgan fingerprint density at radius 1 is 0.762 bits per heavy atom. The Morgan fingerprint density at radius 3 is 1.88 bits per heavy atom. The summed E-state index contributed by atoms with van der Waals surface area (Å²) < 4.78 is 152. The Hall–Kier alpha value is -3.57. The number of rotatable bonds is 4. The van der Waals surface area contributed by atoms with Crippen LogP contribution in [0.25, 0.3) is 32.9 Å². The van der Waals surface area contributed by atoms with Crippen LogP contribution >= 0.6 is 0 Å². The van der Waals surface area contributed by atoms with Gasteiger partial charge in [-0.2, -0.15) is 47.7 Å². The van der Waals surface area contributed by atoms with Crippen molar-refractivity contribution in [2.45, 2.75) is 24.9 Å². The van der Waals surface area contributed by atoms with E-state index in [2.05, 4.69) is 8.37 Å². The van der Waals surface area contributed by atoms with Gasteiger partial charge in [-0.1, -0.05) is 24.3 Å². The van der Waals surface area contributed by atoms with Crippen molar-refractivity contribution in [3.05, 3.63) is 71.3 Å². The highest BCUT2D eigenvalue weighted by Crippen LogP contribution is 2.38. The van der Waals surface area contributed by atoms with E-state index in [0.29, 0.717) is 40.8 Å². The maximum absolute atomic E-state index is 15.2. The monoisotopic (exact) mass is 646 g/mol. The molecular weight excluding hydrogens is 626 g/mol. The third kappa shape index (κ3) is 6.27. The molecule has 0 spiro atoms. The average molecular weight is 647 g/mol. The van der Waals surface area contributed by atoms with Gasteiger partial charge < -0.3 is 4.18 Å². The number of fused-ring (bicyclic) bond motifs is 3. The molecule has 0 radical (unpaired) electrons. The molecule has 7 nitrogen and oxygen atoms in total. The lowest BCUT2D eigenvalue weighted by atomic mass is 9.94. The Balaban J connectivity index is 0.000000467. The van der Waals surface area contributed by atoms with E-state index in [-0.39, 0.29) is 10.9 Å². The smallest absolute Gasteiger partial charge is 0.376 e. The molecule has 1 heterocycles. The van der Waals surface area contributed by atoms with E-state index >= 15 is 4.39 Å². The number of hydrogen-bond acceptors (Lipinski definition) is 6. The summed E-state index contributed by atoms with van der Waals surface area (Å²) >= 11 is 0. The summed E-state index contributed by atoms with van der Waals surface area (Å²) in [4.78, 5) is 0. The predicted octanol–water partition coefficient (Wildman–Crippen LogP) is 6.09. The molecule has 0 atom stereocenters. The van der Waals surface area contributed by atoms with E-state index < -0.39 is 48.6 Å². The predicted molar refractivity (Wildman–Crippen MR) is 135 cm³/mol. The van der Waals surface area contributed by atoms with Gasteiger partial charge in [0.2, 0.25) is 11.2 Å². The molecule has 0 fully saturated rings. The Bertz CT molecular complexity index is 1910. The Morgan fingerprint density at radius 2 is 1.36 bits per heavy atom. The first-order valence-electron chi connectivity index (χ1n) is 11.3. The third-order valence-corrected chi connectivity index (χ3v) is 7.95. The highest BCUT2D eigenvalue weighted by Gasteiger charge is 2.49. The maximum Gasteiger partial charge on any atom is 0.534 e. The standard InChI is InChI=1S/C23H17F5NO3S.C2H3F3O3S/c1-12-7-8-14(24)9-17(12)22-20-13(2)5-4-6-16(20)21-18(25)10-15(11-19(21)29(22)3)32-33(30,31)23(26,27)28;1-8-9(6,7)2(3,4)5/h4-11H,1-3H3;1H3/q+1;. The molecule has 0 bridgehead atoms. The van der Waals surface area contributed by atoms with Crippen molar-refractivity contribution in [3.63, 3.8) is 0 Å². The molecule has 17 heteroatoms. The highest BCUT2D eigenvalue weighted by molar-refractivity contribution is 7.88. The molecular formula is C25H20F8NO6S2+. The highest BCUT2D eigenvalue weighted by atomic mass is 32.2. The van der Waals surface area contributed by atoms with Gasteiger partial charge in [0.05, 0.1) is 29.5 Å². The number of hydrogen-bond donors (Lipinski definition) is 0. The molecule has 42 heavy (non-hydrogen) atoms. The number of pyridine rings is 1. The van der Waals surface area contributed by atoms with Crippen LogP contribution < -0.4 is 8.75 Å². The van der Waals surface area contributed by atoms with Gasteiger partial charge in [0.25, 0.3) is 0 Å². The lowest BCUT2D eigenvalue weighted by Gasteiger charge is -2.15. The third-order valence-electron chi connectivity index (χ3n) is 5.97. The van der Waals surface area contributed by atoms with Crippen LogP contribution in [0.1, 0.15) is 11.1 Å². The molecule has 0 aliphatic rings. The summed E-state index contributed by atoms with van der Waals surface area (Å²) in [6.45, 7) is 3.57. The van der Waals surface area contributed by atoms with E-state index in [4.69, 9.17) is 0 Å². The van der Waals surface area contributed by atoms with Crippen LogP contribution in [0.2, 0.25) is 0 Å². The number of aryl methyl sites for hydroxylation is 3. The number of benzene rings is 3. The molecule has 0 saturated heterocycles. The quantitative estimate of drug-likeness (QED) is 0.0877. The second-order valence-corrected chi connectivity index (χ2v) is 12.0. The zero-order valence-corrected chi connectivity index (χ0v) is 23.5. The SMILES string of the molecule is COS(=O)(=O)C(F)(F)F.Cc1ccc(F)cc1-c1c2c(C)cccc2c2c(F)cc(OS(=O)(=O)C(F)(F)F)cc2[n+]1C. The van der Waals surface area contributed by atoms with Crippen molar-refractivity contribution >= 4 is 41.9 Å². The van der Waals surface area contributed by atoms with Gasteiger partial charge in [0, 0.05) is 11.5 Å². The minimum Gasteiger partial charge on any atom is -0.376 e. The van der Waals surface area contributed by atoms with Crippen molar-refractivity contribution < 1.29 is 64.9 Å². The van der Waals surface area contributed by atoms with Crippen molar-refractivity contribution in [1.82, 2.24) is 0 Å². The lowest BCUT2D eigenvalue weighted by molar-refractivity contribution is -0.632. The molecule has 0 unspecified atom stereocenters. The molecule has 0 aliphatic heterocycles. The van der Waals surface area contributed by atoms with Crippen LogP contribution in [-0.2, 0) is 31.5 Å². The van der Waals surface area contributed by atoms with Crippen molar-refractivity contribution in [1.29, 1.82) is 0 Å². The molecule has 1 aromatic heterocycles. The van der Waals surface area contributed by atoms with Gasteiger partial charge in [-0.25, -0.2) is 8.78 Å². The van der Waals surface area contributed by atoms with Crippen LogP contribution in [0.3, 0.4) is 0 Å². The minimum atomic E-state index is -6.00. The summed E-state index contributed by atoms with van der Waals surface area (Å²) in [5.41, 5.74) is -8.45. The fourth-order valence-corrected chi connectivity index (χ4v) is 4.69. The maximum atomic E-state index is 15.2. The van der Waals surface area contributed by atoms with Crippen LogP contribution in [0.5, 0.6) is 5.75 Å². The molecule has 3 aromatic carbocycles. The lowest BCUT2D eigenvalue weighted by Crippen LogP contribution is -2.33. The van der Waals surface area contributed by atoms with Crippen molar-refractivity contribution in [2.24, 2.45) is 7.05 Å². The van der Waals surface area contributed by atoms with Gasteiger partial charge in [0.15, 0.2) is 5.75 Å². The molecule has 0 aliphatic carbocycles. The summed E-state index contributed by atoms with van der Waals surface area (Å²) in [6.07, 6.45) is 0. The van der Waals surface area contributed by atoms with Crippen LogP contribution in [0, 0.1) is 25.5 Å². The largest absolute Gasteiger partial charge is 0.534 e. The number of alkyl halides is 6. The van der Waals surface area contributed by atoms with Gasteiger partial charge in [-0.3, -0.25) is 4.18 Å². The summed E-state index contributed by atoms with van der Waals surface area (Å²) in [5.74, 6) is -2.30. The summed E-state index contributed by atoms with van der Waals surface area (Å²) in [5, 5.41) is 1.12. The first-order valence-corrected chi connectivity index (χ1v) is 14.1. The fraction of sp³-hybridized carbons (Fsp3) is 0.240. The zero-order valence-electron chi connectivity index (χ0n) is 21.9. The van der Waals surface area contributed by atoms with Gasteiger partial charge in [-0.15, -0.1) is 0 Å². The Kier molecular flexibility index (Phi) is 8.83. The first kappa shape index (κ1) is 32.9. The second kappa shape index (κ2) is 11.3. The van der Waals surface area contributed by atoms with E-state index in [1.165, 1.54) is 23.7 Å². The number of halogens is 8. The number of aromatic nitrogens is 1. The van der Waals surface area contributed by atoms with E-state index in [9.17, 15) is 47.6 Å². The molecule has 4 rings (SSSR count). The Labute approximate surface area is 234 Å². The van der Waals surface area contributed by atoms with E-state index in [0.717, 1.165) is 11.6 Å². The van der Waals surface area contributed by atoms with Crippen LogP contribution in [-0.4, -0.2) is 35.0 Å². The molecule has 0 N–H and O–H groups in total. The molecule has 0 saturated carbocycles. The minimum absolute atomic E-state index is 0.0609. The molecule has 4 aromatic rings. The van der Waals surface area contributed by atoms with Gasteiger partial charge in [0.1, 0.15) is 18.7 Å². The zero-order chi connectivity index (χ0) is 32.0. The topological polar surface area (TPSA) is 90.6 Å². The molecule has 228 valence electrons. The summed E-state index contributed by atoms with van der Waals surface area (Å²) in [7, 11) is -9.35. The normalized spacial score (nSPS) is 12.8. The fourth-order valence-electron chi connectivity index (χ4n) is 4.06. The second-order valence-electron chi connectivity index (χ2n) is 8.71. The summed E-state index contributed by atoms with van der Waals surface area (Å²) in [6, 6.07) is 10.9. The van der Waals surface area contributed by atoms with Gasteiger partial charge >= 0.3 is 31.3 Å². The van der Waals surface area contributed by atoms with E-state index in [1.54, 1.807) is 38.1 Å². The van der Waals surface area contributed by atoms with Crippen molar-refractivity contribution in [2.75, 3.05) is 7.11 Å². The van der Waals surface area contributed by atoms with Crippen LogP contribution in [0.4, 0.5) is 35.1 Å². The number of nitrogens with zero attached hydrogens (tertiary/aromatic N) is 1. The van der Waals surface area contributed by atoms with Crippen molar-refractivity contribution in [3.8, 4) is 17.0 Å². The van der Waals surface area contributed by atoms with E-state index in [1.807, 2.05) is 0 Å². The average Bonchev–Trinajstić information content (AvgIpc) is 2.85. The van der Waals surface area contributed by atoms with Gasteiger partial charge in [-0.05, 0) is 37.1 Å². The van der Waals surface area contributed by atoms with Crippen LogP contribution in [0.15, 0.2) is 48.5 Å².